The normalized spacial score (nSPS) is 39.6. The maximum Gasteiger partial charge on any atom is 0.322 e. The van der Waals surface area contributed by atoms with E-state index >= 15 is 0 Å². The second-order valence-corrected chi connectivity index (χ2v) is 15.4. The molecule has 0 amide bonds. The molecule has 194 valence electrons. The molecule has 4 aliphatic carbocycles. The molecule has 34 heavy (non-hydrogen) atoms. The summed E-state index contributed by atoms with van der Waals surface area (Å²) < 4.78 is 5.33. The fourth-order valence-electron chi connectivity index (χ4n) is 8.77. The summed E-state index contributed by atoms with van der Waals surface area (Å²) in [6, 6.07) is 0. The van der Waals surface area contributed by atoms with Crippen LogP contribution in [0.15, 0.2) is 11.6 Å². The average molecular weight is 536 g/mol. The van der Waals surface area contributed by atoms with E-state index in [1.165, 1.54) is 83.5 Å². The number of halogens is 1. The minimum absolute atomic E-state index is 0.0576. The molecule has 4 aliphatic rings. The van der Waals surface area contributed by atoms with E-state index < -0.39 is 4.32 Å². The molecule has 3 fully saturated rings. The summed E-state index contributed by atoms with van der Waals surface area (Å²) in [5.74, 6) is 3.48. The predicted octanol–water partition coefficient (Wildman–Crippen LogP) is 9.40. The number of hydrogen-bond acceptors (Lipinski definition) is 2. The minimum atomic E-state index is -0.595. The second kappa shape index (κ2) is 10.6. The molecule has 0 aliphatic heterocycles. The van der Waals surface area contributed by atoms with Gasteiger partial charge in [-0.25, -0.2) is 0 Å². The van der Waals surface area contributed by atoms with Crippen LogP contribution in [0.1, 0.15) is 131 Å². The van der Waals surface area contributed by atoms with Gasteiger partial charge in [0.25, 0.3) is 0 Å². The minimum Gasteiger partial charge on any atom is -0.461 e. The van der Waals surface area contributed by atoms with Gasteiger partial charge in [0.1, 0.15) is 10.4 Å². The molecule has 7 atom stereocenters. The molecule has 3 heteroatoms. The molecule has 0 aromatic rings. The first-order valence-electron chi connectivity index (χ1n) is 14.7. The first-order chi connectivity index (χ1) is 16.1. The molecule has 0 radical (unpaired) electrons. The molecule has 0 saturated heterocycles. The van der Waals surface area contributed by atoms with Crippen LogP contribution in [0.3, 0.4) is 0 Å². The zero-order chi connectivity index (χ0) is 24.6. The van der Waals surface area contributed by atoms with Gasteiger partial charge in [-0.2, -0.15) is 0 Å². The molecule has 0 heterocycles. The van der Waals surface area contributed by atoms with E-state index in [9.17, 15) is 4.79 Å². The van der Waals surface area contributed by atoms with Gasteiger partial charge in [0.2, 0.25) is 0 Å². The maximum atomic E-state index is 12.4. The fourth-order valence-corrected chi connectivity index (χ4v) is 8.87. The molecule has 0 aromatic heterocycles. The van der Waals surface area contributed by atoms with E-state index in [0.717, 1.165) is 36.5 Å². The van der Waals surface area contributed by atoms with Crippen molar-refractivity contribution in [3.8, 4) is 0 Å². The molecule has 0 bridgehead atoms. The van der Waals surface area contributed by atoms with Crippen LogP contribution in [0.2, 0.25) is 0 Å². The number of fused-ring (bicyclic) bond motifs is 5. The Morgan fingerprint density at radius 1 is 1.03 bits per heavy atom. The van der Waals surface area contributed by atoms with E-state index in [-0.39, 0.29) is 12.1 Å². The highest BCUT2D eigenvalue weighted by Crippen LogP contribution is 2.66. The SMILES string of the molecule is CCCCCCCC[C@@H]1CC[C@@H]2[C@@H]3CC=C4C[C@@H](OC(=O)C(C)(C)Br)CC[C@]4(C)[C@@H]3CC[C@]12C. The van der Waals surface area contributed by atoms with Gasteiger partial charge in [0.05, 0.1) is 0 Å². The summed E-state index contributed by atoms with van der Waals surface area (Å²) in [5.41, 5.74) is 2.52. The van der Waals surface area contributed by atoms with E-state index in [1.807, 2.05) is 13.8 Å². The smallest absolute Gasteiger partial charge is 0.322 e. The van der Waals surface area contributed by atoms with E-state index in [0.29, 0.717) is 10.8 Å². The van der Waals surface area contributed by atoms with E-state index in [2.05, 4.69) is 42.8 Å². The highest BCUT2D eigenvalue weighted by Gasteiger charge is 2.58. The number of hydrogen-bond donors (Lipinski definition) is 0. The van der Waals surface area contributed by atoms with Crippen molar-refractivity contribution in [2.45, 2.75) is 141 Å². The predicted molar refractivity (Wildman–Crippen MR) is 146 cm³/mol. The molecular formula is C31H51BrO2. The Bertz CT molecular complexity index is 751. The number of unbranched alkanes of at least 4 members (excludes halogenated alkanes) is 5. The van der Waals surface area contributed by atoms with Gasteiger partial charge in [-0.1, -0.05) is 86.9 Å². The van der Waals surface area contributed by atoms with Crippen LogP contribution in [-0.4, -0.2) is 16.4 Å². The average Bonchev–Trinajstić information content (AvgIpc) is 3.12. The number of rotatable bonds is 9. The second-order valence-electron chi connectivity index (χ2n) is 13.4. The molecule has 0 aromatic carbocycles. The third kappa shape index (κ3) is 5.21. The van der Waals surface area contributed by atoms with Crippen LogP contribution in [0.25, 0.3) is 0 Å². The number of alkyl halides is 1. The highest BCUT2D eigenvalue weighted by molar-refractivity contribution is 9.10. The monoisotopic (exact) mass is 534 g/mol. The fraction of sp³-hybridized carbons (Fsp3) is 0.903. The van der Waals surface area contributed by atoms with Crippen molar-refractivity contribution in [2.24, 2.45) is 34.5 Å². The Hall–Kier alpha value is -0.310. The maximum absolute atomic E-state index is 12.4. The lowest BCUT2D eigenvalue weighted by molar-refractivity contribution is -0.153. The standard InChI is InChI=1S/C31H51BrO2/c1-6-7-8-9-10-11-12-22-14-16-26-25-15-13-23-21-24(34-28(33)29(2,3)32)17-19-31(23,5)27(25)18-20-30(22,26)4/h13,22,24-27H,6-12,14-21H2,1-5H3/t22-,24+,25+,26-,27-,30-,31+/m1/s1. The number of carbonyl (C=O) groups excluding carboxylic acids is 1. The summed E-state index contributed by atoms with van der Waals surface area (Å²) >= 11 is 3.47. The lowest BCUT2D eigenvalue weighted by atomic mass is 9.47. The van der Waals surface area contributed by atoms with Crippen molar-refractivity contribution in [3.63, 3.8) is 0 Å². The van der Waals surface area contributed by atoms with Gasteiger partial charge in [0, 0.05) is 6.42 Å². The number of carbonyl (C=O) groups is 1. The number of esters is 1. The molecule has 3 saturated carbocycles. The summed E-state index contributed by atoms with van der Waals surface area (Å²) in [4.78, 5) is 12.4. The lowest BCUT2D eigenvalue weighted by Crippen LogP contribution is -2.50. The van der Waals surface area contributed by atoms with E-state index in [1.54, 1.807) is 5.57 Å². The third-order valence-corrected chi connectivity index (χ3v) is 11.2. The number of allylic oxidation sites excluding steroid dienone is 1. The summed E-state index contributed by atoms with van der Waals surface area (Å²) in [6.45, 7) is 11.3. The van der Waals surface area contributed by atoms with Gasteiger partial charge in [-0.05, 0) is 99.7 Å². The molecule has 0 unspecified atom stereocenters. The molecule has 0 spiro atoms. The lowest BCUT2D eigenvalue weighted by Gasteiger charge is -2.58. The van der Waals surface area contributed by atoms with Crippen molar-refractivity contribution in [2.75, 3.05) is 0 Å². The van der Waals surface area contributed by atoms with Gasteiger partial charge < -0.3 is 4.74 Å². The number of ether oxygens (including phenoxy) is 1. The quantitative estimate of drug-likeness (QED) is 0.127. The topological polar surface area (TPSA) is 26.3 Å². The Labute approximate surface area is 218 Å². The Balaban J connectivity index is 1.38. The van der Waals surface area contributed by atoms with Gasteiger partial charge >= 0.3 is 5.97 Å². The van der Waals surface area contributed by atoms with Crippen molar-refractivity contribution >= 4 is 21.9 Å². The van der Waals surface area contributed by atoms with Crippen LogP contribution in [-0.2, 0) is 9.53 Å². The van der Waals surface area contributed by atoms with Crippen LogP contribution in [0.5, 0.6) is 0 Å². The largest absolute Gasteiger partial charge is 0.461 e. The zero-order valence-electron chi connectivity index (χ0n) is 22.8. The highest BCUT2D eigenvalue weighted by atomic mass is 79.9. The third-order valence-electron chi connectivity index (χ3n) is 10.9. The first-order valence-corrected chi connectivity index (χ1v) is 15.5. The Morgan fingerprint density at radius 2 is 1.76 bits per heavy atom. The van der Waals surface area contributed by atoms with Crippen LogP contribution >= 0.6 is 15.9 Å². The first kappa shape index (κ1) is 26.7. The van der Waals surface area contributed by atoms with Crippen LogP contribution in [0.4, 0.5) is 0 Å². The van der Waals surface area contributed by atoms with Crippen molar-refractivity contribution < 1.29 is 9.53 Å². The summed E-state index contributed by atoms with van der Waals surface area (Å²) in [6.07, 6.45) is 22.9. The Kier molecular flexibility index (Phi) is 8.33. The van der Waals surface area contributed by atoms with Gasteiger partial charge in [-0.3, -0.25) is 4.79 Å². The van der Waals surface area contributed by atoms with Crippen molar-refractivity contribution in [1.82, 2.24) is 0 Å². The zero-order valence-corrected chi connectivity index (χ0v) is 24.4. The van der Waals surface area contributed by atoms with Gasteiger partial charge in [0.15, 0.2) is 0 Å². The van der Waals surface area contributed by atoms with Crippen molar-refractivity contribution in [1.29, 1.82) is 0 Å². The van der Waals surface area contributed by atoms with Crippen LogP contribution < -0.4 is 0 Å². The van der Waals surface area contributed by atoms with Crippen LogP contribution in [0, 0.1) is 34.5 Å². The summed E-state index contributed by atoms with van der Waals surface area (Å²) in [5, 5.41) is 0. The molecule has 4 rings (SSSR count). The molecule has 0 N–H and O–H groups in total. The Morgan fingerprint density at radius 3 is 2.50 bits per heavy atom. The van der Waals surface area contributed by atoms with Crippen molar-refractivity contribution in [3.05, 3.63) is 11.6 Å². The van der Waals surface area contributed by atoms with E-state index in [4.69, 9.17) is 4.74 Å². The molecular weight excluding hydrogens is 484 g/mol. The molecule has 2 nitrogen and oxygen atoms in total. The van der Waals surface area contributed by atoms with Gasteiger partial charge in [-0.15, -0.1) is 0 Å². The summed E-state index contributed by atoms with van der Waals surface area (Å²) in [7, 11) is 0.